The fourth-order valence-corrected chi connectivity index (χ4v) is 4.52. The summed E-state index contributed by atoms with van der Waals surface area (Å²) < 4.78 is 61.6. The highest BCUT2D eigenvalue weighted by Gasteiger charge is 2.34. The standard InChI is InChI=1S/C28H26ClF3N4O6/c29-20-11-17(28(30,31)32)4-6-22(20)42-26-19(2-1-7-34-26)25(37)35-21(27(38)36-12-18(33)13-36)15-39-14-16-3-5-23-24(10-16)41-9-8-40-23/h1-7,10-11,18,21H,8-9,12-15,33H2,(H,35,37). The number of likely N-dealkylation sites (tertiary alicyclic amines) is 1. The number of fused-ring (bicyclic) bond motifs is 1. The molecule has 14 heteroatoms. The van der Waals surface area contributed by atoms with Gasteiger partial charge in [0.1, 0.15) is 30.6 Å². The number of aromatic nitrogens is 1. The van der Waals surface area contributed by atoms with Gasteiger partial charge in [-0.15, -0.1) is 0 Å². The number of hydrogen-bond donors (Lipinski definition) is 2. The fourth-order valence-electron chi connectivity index (χ4n) is 4.30. The van der Waals surface area contributed by atoms with Crippen LogP contribution in [0.25, 0.3) is 0 Å². The maximum Gasteiger partial charge on any atom is 0.416 e. The van der Waals surface area contributed by atoms with Crippen LogP contribution in [0.4, 0.5) is 13.2 Å². The SMILES string of the molecule is NC1CN(C(=O)C(COCc2ccc3c(c2)OCCO3)NC(=O)c2cccnc2Oc2ccc(C(F)(F)F)cc2Cl)C1. The third-order valence-electron chi connectivity index (χ3n) is 6.47. The molecule has 5 rings (SSSR count). The molecule has 3 N–H and O–H groups in total. The summed E-state index contributed by atoms with van der Waals surface area (Å²) in [5.41, 5.74) is 5.59. The summed E-state index contributed by atoms with van der Waals surface area (Å²) in [5.74, 6) is -0.230. The molecule has 0 radical (unpaired) electrons. The molecular formula is C28H26ClF3N4O6. The Kier molecular flexibility index (Phi) is 8.71. The first-order chi connectivity index (χ1) is 20.1. The lowest BCUT2D eigenvalue weighted by Crippen LogP contribution is -2.62. The number of nitrogens with two attached hydrogens (primary N) is 1. The molecule has 0 spiro atoms. The number of carbonyl (C=O) groups excluding carboxylic acids is 2. The molecule has 1 saturated heterocycles. The monoisotopic (exact) mass is 606 g/mol. The van der Waals surface area contributed by atoms with E-state index in [-0.39, 0.29) is 47.4 Å². The number of rotatable bonds is 9. The second-order valence-electron chi connectivity index (χ2n) is 9.62. The minimum absolute atomic E-state index is 0.0709. The molecule has 222 valence electrons. The number of nitrogens with one attached hydrogen (secondary N) is 1. The summed E-state index contributed by atoms with van der Waals surface area (Å²) in [6.45, 7) is 1.54. The number of alkyl halides is 3. The van der Waals surface area contributed by atoms with E-state index in [9.17, 15) is 22.8 Å². The quantitative estimate of drug-likeness (QED) is 0.377. The van der Waals surface area contributed by atoms with Crippen LogP contribution in [0.3, 0.4) is 0 Å². The first-order valence-corrected chi connectivity index (χ1v) is 13.3. The fraction of sp³-hybridized carbons (Fsp3) is 0.321. The Morgan fingerprint density at radius 1 is 1.12 bits per heavy atom. The van der Waals surface area contributed by atoms with Crippen LogP contribution in [0, 0.1) is 0 Å². The second-order valence-corrected chi connectivity index (χ2v) is 10.0. The maximum absolute atomic E-state index is 13.3. The van der Waals surface area contributed by atoms with Gasteiger partial charge >= 0.3 is 6.18 Å². The van der Waals surface area contributed by atoms with Gasteiger partial charge in [-0.1, -0.05) is 17.7 Å². The number of amides is 2. The average molecular weight is 607 g/mol. The molecule has 1 fully saturated rings. The highest BCUT2D eigenvalue weighted by Crippen LogP contribution is 2.36. The highest BCUT2D eigenvalue weighted by molar-refractivity contribution is 6.32. The molecule has 2 amide bonds. The molecule has 1 atom stereocenters. The molecule has 2 aliphatic heterocycles. The molecule has 0 bridgehead atoms. The zero-order valence-electron chi connectivity index (χ0n) is 22.0. The van der Waals surface area contributed by atoms with E-state index in [0.717, 1.165) is 17.7 Å². The second kappa shape index (κ2) is 12.4. The lowest BCUT2D eigenvalue weighted by Gasteiger charge is -2.39. The number of benzene rings is 2. The van der Waals surface area contributed by atoms with Gasteiger partial charge in [0.25, 0.3) is 5.91 Å². The minimum Gasteiger partial charge on any atom is -0.486 e. The van der Waals surface area contributed by atoms with Gasteiger partial charge in [-0.3, -0.25) is 9.59 Å². The molecule has 2 aliphatic rings. The predicted molar refractivity (Wildman–Crippen MR) is 144 cm³/mol. The van der Waals surface area contributed by atoms with Crippen LogP contribution in [0.15, 0.2) is 54.7 Å². The van der Waals surface area contributed by atoms with Gasteiger partial charge in [0, 0.05) is 25.3 Å². The van der Waals surface area contributed by atoms with Crippen LogP contribution in [-0.4, -0.2) is 66.7 Å². The topological polar surface area (TPSA) is 125 Å². The summed E-state index contributed by atoms with van der Waals surface area (Å²) in [6.07, 6.45) is -3.26. The number of hydrogen-bond acceptors (Lipinski definition) is 8. The molecule has 3 aromatic rings. The van der Waals surface area contributed by atoms with Gasteiger partial charge in [-0.05, 0) is 48.0 Å². The molecule has 3 heterocycles. The van der Waals surface area contributed by atoms with E-state index in [1.807, 2.05) is 6.07 Å². The molecule has 0 saturated carbocycles. The lowest BCUT2D eigenvalue weighted by molar-refractivity contribution is -0.139. The largest absolute Gasteiger partial charge is 0.486 e. The van der Waals surface area contributed by atoms with Crippen molar-refractivity contribution in [2.75, 3.05) is 32.9 Å². The van der Waals surface area contributed by atoms with Crippen LogP contribution in [0.2, 0.25) is 5.02 Å². The van der Waals surface area contributed by atoms with E-state index in [1.165, 1.54) is 23.2 Å². The van der Waals surface area contributed by atoms with E-state index >= 15 is 0 Å². The van der Waals surface area contributed by atoms with Crippen LogP contribution in [0.5, 0.6) is 23.1 Å². The summed E-state index contributed by atoms with van der Waals surface area (Å²) in [6, 6.07) is 9.54. The Bertz CT molecular complexity index is 1470. The third-order valence-corrected chi connectivity index (χ3v) is 6.76. The van der Waals surface area contributed by atoms with Crippen molar-refractivity contribution in [3.05, 3.63) is 76.4 Å². The lowest BCUT2D eigenvalue weighted by atomic mass is 10.1. The predicted octanol–water partition coefficient (Wildman–Crippen LogP) is 3.80. The summed E-state index contributed by atoms with van der Waals surface area (Å²) in [7, 11) is 0. The molecule has 42 heavy (non-hydrogen) atoms. The Morgan fingerprint density at radius 3 is 2.60 bits per heavy atom. The van der Waals surface area contributed by atoms with E-state index in [1.54, 1.807) is 12.1 Å². The van der Waals surface area contributed by atoms with Crippen molar-refractivity contribution >= 4 is 23.4 Å². The van der Waals surface area contributed by atoms with Crippen molar-refractivity contribution in [1.29, 1.82) is 0 Å². The smallest absolute Gasteiger partial charge is 0.416 e. The van der Waals surface area contributed by atoms with E-state index in [2.05, 4.69) is 10.3 Å². The first kappa shape index (κ1) is 29.4. The van der Waals surface area contributed by atoms with Gasteiger partial charge in [-0.2, -0.15) is 13.2 Å². The number of nitrogens with zero attached hydrogens (tertiary/aromatic N) is 2. The van der Waals surface area contributed by atoms with Gasteiger partial charge in [-0.25, -0.2) is 4.98 Å². The van der Waals surface area contributed by atoms with Crippen molar-refractivity contribution in [2.45, 2.75) is 24.9 Å². The van der Waals surface area contributed by atoms with Crippen LogP contribution in [-0.2, 0) is 22.3 Å². The van der Waals surface area contributed by atoms with Crippen molar-refractivity contribution in [1.82, 2.24) is 15.2 Å². The Morgan fingerprint density at radius 2 is 1.88 bits per heavy atom. The molecule has 2 aromatic carbocycles. The normalized spacial score (nSPS) is 15.5. The Hall–Kier alpha value is -4.07. The first-order valence-electron chi connectivity index (χ1n) is 12.9. The van der Waals surface area contributed by atoms with Gasteiger partial charge < -0.3 is 34.9 Å². The third kappa shape index (κ3) is 6.86. The maximum atomic E-state index is 13.3. The van der Waals surface area contributed by atoms with Gasteiger partial charge in [0.2, 0.25) is 11.8 Å². The van der Waals surface area contributed by atoms with E-state index in [0.29, 0.717) is 43.9 Å². The Labute approximate surface area is 243 Å². The Balaban J connectivity index is 1.29. The van der Waals surface area contributed by atoms with Crippen molar-refractivity contribution in [2.24, 2.45) is 5.73 Å². The van der Waals surface area contributed by atoms with Crippen LogP contribution in [0.1, 0.15) is 21.5 Å². The van der Waals surface area contributed by atoms with Crippen molar-refractivity contribution < 1.29 is 41.7 Å². The number of pyridine rings is 1. The molecule has 1 unspecified atom stereocenters. The van der Waals surface area contributed by atoms with Crippen LogP contribution >= 0.6 is 11.6 Å². The molecule has 10 nitrogen and oxygen atoms in total. The summed E-state index contributed by atoms with van der Waals surface area (Å²) in [5, 5.41) is 2.34. The van der Waals surface area contributed by atoms with Crippen molar-refractivity contribution in [3.8, 4) is 23.1 Å². The molecular weight excluding hydrogens is 581 g/mol. The average Bonchev–Trinajstić information content (AvgIpc) is 2.95. The van der Waals surface area contributed by atoms with E-state index in [4.69, 9.17) is 36.3 Å². The summed E-state index contributed by atoms with van der Waals surface area (Å²) >= 11 is 6.01. The van der Waals surface area contributed by atoms with E-state index < -0.39 is 23.7 Å². The molecule has 1 aromatic heterocycles. The molecule has 0 aliphatic carbocycles. The number of carbonyl (C=O) groups is 2. The van der Waals surface area contributed by atoms with Gasteiger partial charge in [0.05, 0.1) is 23.8 Å². The van der Waals surface area contributed by atoms with Gasteiger partial charge in [0.15, 0.2) is 11.5 Å². The number of halogens is 4. The highest BCUT2D eigenvalue weighted by atomic mass is 35.5. The zero-order valence-corrected chi connectivity index (χ0v) is 22.8. The minimum atomic E-state index is -4.59. The number of ether oxygens (including phenoxy) is 4. The van der Waals surface area contributed by atoms with Crippen LogP contribution < -0.4 is 25.3 Å². The summed E-state index contributed by atoms with van der Waals surface area (Å²) in [4.78, 5) is 32.1. The zero-order chi connectivity index (χ0) is 29.9. The van der Waals surface area contributed by atoms with Crippen molar-refractivity contribution in [3.63, 3.8) is 0 Å².